The highest BCUT2D eigenvalue weighted by Gasteiger charge is 2.15. The van der Waals surface area contributed by atoms with Gasteiger partial charge in [0.25, 0.3) is 0 Å². The fraction of sp³-hybridized carbons (Fsp3) is 0.207. The molecule has 0 radical (unpaired) electrons. The van der Waals surface area contributed by atoms with Crippen molar-refractivity contribution in [3.63, 3.8) is 0 Å². The average Bonchev–Trinajstić information content (AvgIpc) is 3.57. The number of amides is 1. The van der Waals surface area contributed by atoms with E-state index in [-0.39, 0.29) is 24.7 Å². The van der Waals surface area contributed by atoms with Crippen LogP contribution < -0.4 is 19.6 Å². The number of ether oxygens (including phenoxy) is 4. The first-order valence-corrected chi connectivity index (χ1v) is 13.0. The summed E-state index contributed by atoms with van der Waals surface area (Å²) in [6.45, 7) is 3.95. The van der Waals surface area contributed by atoms with E-state index >= 15 is 0 Å². The summed E-state index contributed by atoms with van der Waals surface area (Å²) >= 11 is 3.39. The molecule has 0 fully saturated rings. The second kappa shape index (κ2) is 13.0. The molecule has 2 heterocycles. The number of hydrazone groups is 1. The number of nitrogens with one attached hydrogen (secondary N) is 1. The number of furan rings is 1. The normalized spacial score (nSPS) is 10.9. The van der Waals surface area contributed by atoms with Crippen LogP contribution in [0.15, 0.2) is 74.7 Å². The van der Waals surface area contributed by atoms with Crippen LogP contribution in [-0.2, 0) is 16.1 Å². The number of aromatic nitrogens is 1. The average molecular weight is 610 g/mol. The third-order valence-corrected chi connectivity index (χ3v) is 6.29. The smallest absolute Gasteiger partial charge is 0.343 e. The molecule has 4 aromatic rings. The topological polar surface area (TPSA) is 114 Å². The minimum absolute atomic E-state index is 0.0682. The van der Waals surface area contributed by atoms with Crippen molar-refractivity contribution in [2.75, 3.05) is 20.8 Å². The number of nitrogens with zero attached hydrogens (tertiary/aromatic N) is 2. The summed E-state index contributed by atoms with van der Waals surface area (Å²) in [6.07, 6.45) is 1.37. The van der Waals surface area contributed by atoms with Crippen LogP contribution in [0.2, 0.25) is 0 Å². The molecule has 0 aliphatic rings. The number of halogens is 1. The summed E-state index contributed by atoms with van der Waals surface area (Å²) in [5.41, 5.74) is 6.23. The number of esters is 1. The van der Waals surface area contributed by atoms with Gasteiger partial charge in [-0.1, -0.05) is 15.9 Å². The number of benzene rings is 2. The quantitative estimate of drug-likeness (QED) is 0.138. The van der Waals surface area contributed by atoms with Crippen LogP contribution in [0.5, 0.6) is 17.2 Å². The van der Waals surface area contributed by atoms with Crippen molar-refractivity contribution in [3.8, 4) is 22.9 Å². The van der Waals surface area contributed by atoms with E-state index in [1.165, 1.54) is 26.5 Å². The minimum Gasteiger partial charge on any atom is -0.493 e. The van der Waals surface area contributed by atoms with Crippen molar-refractivity contribution >= 4 is 34.0 Å². The van der Waals surface area contributed by atoms with Crippen LogP contribution in [0, 0.1) is 13.8 Å². The molecule has 0 aliphatic carbocycles. The lowest BCUT2D eigenvalue weighted by Gasteiger charge is -2.13. The van der Waals surface area contributed by atoms with Crippen LogP contribution in [0.25, 0.3) is 5.69 Å². The van der Waals surface area contributed by atoms with Gasteiger partial charge in [-0.3, -0.25) is 4.79 Å². The number of carbonyl (C=O) groups excluding carboxylic acids is 2. The Labute approximate surface area is 239 Å². The molecule has 0 unspecified atom stereocenters. The van der Waals surface area contributed by atoms with E-state index in [1.807, 2.05) is 24.3 Å². The number of rotatable bonds is 11. The number of aryl methyl sites for hydroxylation is 2. The molecule has 11 heteroatoms. The van der Waals surface area contributed by atoms with Crippen molar-refractivity contribution < 1.29 is 33.0 Å². The molecule has 0 aliphatic heterocycles. The molecule has 0 spiro atoms. The zero-order chi connectivity index (χ0) is 28.6. The van der Waals surface area contributed by atoms with Crippen LogP contribution in [0.1, 0.15) is 33.3 Å². The van der Waals surface area contributed by atoms with Crippen molar-refractivity contribution in [1.29, 1.82) is 0 Å². The minimum atomic E-state index is -0.558. The lowest BCUT2D eigenvalue weighted by atomic mass is 10.2. The Morgan fingerprint density at radius 2 is 1.73 bits per heavy atom. The first-order chi connectivity index (χ1) is 19.3. The predicted molar refractivity (Wildman–Crippen MR) is 152 cm³/mol. The Hall–Kier alpha value is -4.51. The lowest BCUT2D eigenvalue weighted by molar-refractivity contribution is -0.142. The SMILES string of the molecule is COC(=O)COc1c(/C=N\NC(=O)c2ccc(COc3ccc(-n4c(C)ccc4C)cc3)o2)cc(Br)cc1OC. The van der Waals surface area contributed by atoms with Gasteiger partial charge in [0, 0.05) is 27.1 Å². The highest BCUT2D eigenvalue weighted by atomic mass is 79.9. The highest BCUT2D eigenvalue weighted by molar-refractivity contribution is 9.10. The zero-order valence-corrected chi connectivity index (χ0v) is 24.0. The fourth-order valence-electron chi connectivity index (χ4n) is 3.90. The molecule has 0 saturated heterocycles. The van der Waals surface area contributed by atoms with Crippen LogP contribution in [0.4, 0.5) is 0 Å². The van der Waals surface area contributed by atoms with Crippen molar-refractivity contribution in [1.82, 2.24) is 9.99 Å². The largest absolute Gasteiger partial charge is 0.493 e. The van der Waals surface area contributed by atoms with Crippen LogP contribution >= 0.6 is 15.9 Å². The molecule has 2 aromatic carbocycles. The van der Waals surface area contributed by atoms with Gasteiger partial charge >= 0.3 is 11.9 Å². The second-order valence-electron chi connectivity index (χ2n) is 8.59. The molecule has 1 N–H and O–H groups in total. The summed E-state index contributed by atoms with van der Waals surface area (Å²) in [5, 5.41) is 4.00. The summed E-state index contributed by atoms with van der Waals surface area (Å²) in [7, 11) is 2.73. The maximum atomic E-state index is 12.6. The fourth-order valence-corrected chi connectivity index (χ4v) is 4.35. The standard InChI is InChI=1S/C29H28BrN3O7/c1-18-5-6-19(2)33(18)22-7-9-23(10-8-22)38-16-24-11-12-25(40-24)29(35)32-31-15-20-13-21(30)14-26(36-3)28(20)39-17-27(34)37-4/h5-15H,16-17H2,1-4H3,(H,32,35)/b31-15-. The summed E-state index contributed by atoms with van der Waals surface area (Å²) in [5.74, 6) is 0.739. The molecule has 4 rings (SSSR count). The Bertz CT molecular complexity index is 1500. The molecule has 0 saturated carbocycles. The van der Waals surface area contributed by atoms with E-state index in [2.05, 4.69) is 61.7 Å². The Morgan fingerprint density at radius 3 is 2.40 bits per heavy atom. The van der Waals surface area contributed by atoms with Gasteiger partial charge in [-0.25, -0.2) is 10.2 Å². The highest BCUT2D eigenvalue weighted by Crippen LogP contribution is 2.34. The lowest BCUT2D eigenvalue weighted by Crippen LogP contribution is -2.17. The number of carbonyl (C=O) groups is 2. The molecule has 2 aromatic heterocycles. The van der Waals surface area contributed by atoms with Gasteiger partial charge in [0.15, 0.2) is 23.9 Å². The van der Waals surface area contributed by atoms with Gasteiger partial charge < -0.3 is 27.9 Å². The molecular formula is C29H28BrN3O7. The summed E-state index contributed by atoms with van der Waals surface area (Å²) < 4.78 is 29.8. The van der Waals surface area contributed by atoms with E-state index in [9.17, 15) is 9.59 Å². The Kier molecular flexibility index (Phi) is 9.28. The summed E-state index contributed by atoms with van der Waals surface area (Å²) in [4.78, 5) is 24.1. The van der Waals surface area contributed by atoms with Crippen LogP contribution in [-0.4, -0.2) is 43.5 Å². The molecule has 1 amide bonds. The summed E-state index contributed by atoms with van der Waals surface area (Å²) in [6, 6.07) is 18.5. The van der Waals surface area contributed by atoms with Gasteiger partial charge in [0.05, 0.1) is 20.4 Å². The van der Waals surface area contributed by atoms with Crippen molar-refractivity contribution in [2.24, 2.45) is 5.10 Å². The monoisotopic (exact) mass is 609 g/mol. The molecular weight excluding hydrogens is 582 g/mol. The predicted octanol–water partition coefficient (Wildman–Crippen LogP) is 5.35. The Morgan fingerprint density at radius 1 is 1.00 bits per heavy atom. The van der Waals surface area contributed by atoms with Crippen LogP contribution in [0.3, 0.4) is 0 Å². The third kappa shape index (κ3) is 6.92. The van der Waals surface area contributed by atoms with Crippen molar-refractivity contribution in [3.05, 3.63) is 93.6 Å². The van der Waals surface area contributed by atoms with Gasteiger partial charge in [-0.15, -0.1) is 0 Å². The molecule has 10 nitrogen and oxygen atoms in total. The van der Waals surface area contributed by atoms with Gasteiger partial charge in [0.2, 0.25) is 0 Å². The molecule has 0 bridgehead atoms. The van der Waals surface area contributed by atoms with Gasteiger partial charge in [-0.05, 0) is 74.5 Å². The molecule has 40 heavy (non-hydrogen) atoms. The zero-order valence-electron chi connectivity index (χ0n) is 22.4. The number of hydrogen-bond donors (Lipinski definition) is 1. The van der Waals surface area contributed by atoms with Crippen molar-refractivity contribution in [2.45, 2.75) is 20.5 Å². The van der Waals surface area contributed by atoms with Gasteiger partial charge in [0.1, 0.15) is 18.1 Å². The van der Waals surface area contributed by atoms with E-state index in [0.717, 1.165) is 17.1 Å². The number of methoxy groups -OCH3 is 2. The number of hydrogen-bond acceptors (Lipinski definition) is 8. The third-order valence-electron chi connectivity index (χ3n) is 5.83. The Balaban J connectivity index is 1.35. The van der Waals surface area contributed by atoms with E-state index < -0.39 is 11.9 Å². The molecule has 208 valence electrons. The maximum absolute atomic E-state index is 12.6. The van der Waals surface area contributed by atoms with E-state index in [0.29, 0.717) is 27.3 Å². The van der Waals surface area contributed by atoms with E-state index in [4.69, 9.17) is 18.6 Å². The second-order valence-corrected chi connectivity index (χ2v) is 9.51. The maximum Gasteiger partial charge on any atom is 0.343 e. The first-order valence-electron chi connectivity index (χ1n) is 12.2. The van der Waals surface area contributed by atoms with Gasteiger partial charge in [-0.2, -0.15) is 5.10 Å². The molecule has 0 atom stereocenters. The van der Waals surface area contributed by atoms with E-state index in [1.54, 1.807) is 18.2 Å². The first kappa shape index (κ1) is 28.5.